The number of nitrogens with zero attached hydrogens (tertiary/aromatic N) is 1. The average Bonchev–Trinajstić information content (AvgIpc) is 2.79. The lowest BCUT2D eigenvalue weighted by Crippen LogP contribution is -2.07. The van der Waals surface area contributed by atoms with Gasteiger partial charge in [0, 0.05) is 17.0 Å². The van der Waals surface area contributed by atoms with Crippen molar-refractivity contribution in [3.63, 3.8) is 0 Å². The number of methoxy groups -OCH3 is 1. The Morgan fingerprint density at radius 1 is 0.867 bits per heavy atom. The Bertz CT molecular complexity index is 1130. The maximum atomic E-state index is 6.39. The van der Waals surface area contributed by atoms with Crippen molar-refractivity contribution in [2.24, 2.45) is 0 Å². The van der Waals surface area contributed by atoms with Gasteiger partial charge >= 0.3 is 0 Å². The summed E-state index contributed by atoms with van der Waals surface area (Å²) in [6.07, 6.45) is 0. The van der Waals surface area contributed by atoms with E-state index in [9.17, 15) is 0 Å². The Morgan fingerprint density at radius 2 is 1.67 bits per heavy atom. The zero-order valence-corrected chi connectivity index (χ0v) is 17.4. The minimum atomic E-state index is 0.454. The average molecular weight is 420 g/mol. The molecule has 0 unspecified atom stereocenters. The number of hydrogen-bond donors (Lipinski definition) is 0. The second-order valence-corrected chi connectivity index (χ2v) is 7.13. The Kier molecular flexibility index (Phi) is 6.47. The van der Waals surface area contributed by atoms with Gasteiger partial charge in [0.1, 0.15) is 23.3 Å². The van der Waals surface area contributed by atoms with Crippen LogP contribution in [0.1, 0.15) is 5.56 Å². The van der Waals surface area contributed by atoms with Crippen LogP contribution in [-0.2, 0) is 11.3 Å². The predicted octanol–water partition coefficient (Wildman–Crippen LogP) is 6.16. The second kappa shape index (κ2) is 9.61. The number of aromatic nitrogens is 1. The summed E-state index contributed by atoms with van der Waals surface area (Å²) < 4.78 is 17.1. The molecule has 4 nitrogen and oxygen atoms in total. The molecule has 0 aliphatic carbocycles. The van der Waals surface area contributed by atoms with Crippen LogP contribution in [-0.4, -0.2) is 25.3 Å². The fraction of sp³-hybridized carbons (Fsp3) is 0.160. The van der Waals surface area contributed by atoms with Gasteiger partial charge in [0.2, 0.25) is 0 Å². The molecule has 1 heterocycles. The summed E-state index contributed by atoms with van der Waals surface area (Å²) in [7, 11) is 1.63. The zero-order valence-electron chi connectivity index (χ0n) is 16.7. The number of rotatable bonds is 8. The first-order chi connectivity index (χ1) is 14.7. The first-order valence-electron chi connectivity index (χ1n) is 9.73. The van der Waals surface area contributed by atoms with Crippen LogP contribution in [0.3, 0.4) is 0 Å². The molecule has 5 heteroatoms. The third-order valence-corrected chi connectivity index (χ3v) is 5.04. The van der Waals surface area contributed by atoms with E-state index in [0.29, 0.717) is 36.5 Å². The fourth-order valence-electron chi connectivity index (χ4n) is 3.25. The Balaban J connectivity index is 1.43. The summed E-state index contributed by atoms with van der Waals surface area (Å²) in [4.78, 5) is 4.55. The quantitative estimate of drug-likeness (QED) is 0.253. The molecule has 0 fully saturated rings. The van der Waals surface area contributed by atoms with Crippen LogP contribution in [0.4, 0.5) is 0 Å². The summed E-state index contributed by atoms with van der Waals surface area (Å²) in [6, 6.07) is 25.7. The molecule has 4 aromatic rings. The van der Waals surface area contributed by atoms with E-state index >= 15 is 0 Å². The number of fused-ring (bicyclic) bond motifs is 1. The van der Waals surface area contributed by atoms with Gasteiger partial charge in [-0.2, -0.15) is 0 Å². The molecular weight excluding hydrogens is 398 g/mol. The highest BCUT2D eigenvalue weighted by atomic mass is 35.5. The van der Waals surface area contributed by atoms with Gasteiger partial charge in [-0.25, -0.2) is 4.98 Å². The summed E-state index contributed by atoms with van der Waals surface area (Å²) in [6.45, 7) is 1.52. The number of ether oxygens (including phenoxy) is 3. The molecule has 1 aromatic heterocycles. The van der Waals surface area contributed by atoms with Crippen molar-refractivity contribution in [2.75, 3.05) is 20.3 Å². The van der Waals surface area contributed by atoms with E-state index in [-0.39, 0.29) is 0 Å². The summed E-state index contributed by atoms with van der Waals surface area (Å²) in [5.74, 6) is 1.39. The fourth-order valence-corrected chi connectivity index (χ4v) is 3.51. The third-order valence-electron chi connectivity index (χ3n) is 4.75. The van der Waals surface area contributed by atoms with Crippen molar-refractivity contribution < 1.29 is 14.2 Å². The Labute approximate surface area is 181 Å². The van der Waals surface area contributed by atoms with Crippen LogP contribution in [0, 0.1) is 0 Å². The molecule has 0 spiro atoms. The van der Waals surface area contributed by atoms with Crippen LogP contribution in [0.25, 0.3) is 22.0 Å². The topological polar surface area (TPSA) is 40.6 Å². The lowest BCUT2D eigenvalue weighted by Gasteiger charge is -2.13. The van der Waals surface area contributed by atoms with Crippen LogP contribution in [0.5, 0.6) is 11.5 Å². The number of halogens is 1. The van der Waals surface area contributed by atoms with E-state index in [1.54, 1.807) is 7.11 Å². The van der Waals surface area contributed by atoms with Crippen molar-refractivity contribution >= 4 is 22.4 Å². The molecule has 3 aromatic carbocycles. The molecule has 0 N–H and O–H groups in total. The molecule has 0 radical (unpaired) electrons. The molecule has 0 aliphatic rings. The highest BCUT2D eigenvalue weighted by Crippen LogP contribution is 2.35. The summed E-state index contributed by atoms with van der Waals surface area (Å²) in [5, 5.41) is 2.43. The molecule has 0 saturated carbocycles. The lowest BCUT2D eigenvalue weighted by atomic mass is 10.1. The van der Waals surface area contributed by atoms with E-state index in [1.165, 1.54) is 0 Å². The monoisotopic (exact) mass is 419 g/mol. The summed E-state index contributed by atoms with van der Waals surface area (Å²) in [5.41, 5.74) is 2.76. The molecule has 0 atom stereocenters. The van der Waals surface area contributed by atoms with Crippen molar-refractivity contribution in [1.82, 2.24) is 4.98 Å². The Morgan fingerprint density at radius 3 is 2.50 bits per heavy atom. The van der Waals surface area contributed by atoms with Crippen molar-refractivity contribution in [3.05, 3.63) is 89.6 Å². The van der Waals surface area contributed by atoms with Gasteiger partial charge < -0.3 is 14.2 Å². The zero-order chi connectivity index (χ0) is 20.8. The van der Waals surface area contributed by atoms with Crippen LogP contribution in [0.15, 0.2) is 78.9 Å². The molecule has 4 rings (SSSR count). The van der Waals surface area contributed by atoms with Crippen molar-refractivity contribution in [3.8, 4) is 22.8 Å². The minimum absolute atomic E-state index is 0.454. The van der Waals surface area contributed by atoms with Gasteiger partial charge in [-0.3, -0.25) is 0 Å². The maximum Gasteiger partial charge on any atom is 0.137 e. The van der Waals surface area contributed by atoms with Gasteiger partial charge in [0.05, 0.1) is 26.0 Å². The number of pyridine rings is 1. The predicted molar refractivity (Wildman–Crippen MR) is 120 cm³/mol. The smallest absolute Gasteiger partial charge is 0.137 e. The van der Waals surface area contributed by atoms with Gasteiger partial charge in [-0.1, -0.05) is 66.2 Å². The standard InChI is InChI=1S/C25H22ClNO3/c1-28-24-16-20(30-14-13-29-17-18-7-3-2-4-8-18)11-12-22(24)23-15-19-9-5-6-10-21(19)25(26)27-23/h2-12,15-16H,13-14,17H2,1H3. The summed E-state index contributed by atoms with van der Waals surface area (Å²) >= 11 is 6.39. The normalized spacial score (nSPS) is 10.9. The highest BCUT2D eigenvalue weighted by Gasteiger charge is 2.12. The number of hydrogen-bond acceptors (Lipinski definition) is 4. The van der Waals surface area contributed by atoms with Gasteiger partial charge in [-0.15, -0.1) is 0 Å². The second-order valence-electron chi connectivity index (χ2n) is 6.77. The van der Waals surface area contributed by atoms with E-state index in [1.807, 2.05) is 78.9 Å². The Hall–Kier alpha value is -3.08. The molecular formula is C25H22ClNO3. The third kappa shape index (κ3) is 4.73. The first-order valence-corrected chi connectivity index (χ1v) is 10.1. The largest absolute Gasteiger partial charge is 0.496 e. The highest BCUT2D eigenvalue weighted by molar-refractivity contribution is 6.34. The van der Waals surface area contributed by atoms with E-state index in [4.69, 9.17) is 25.8 Å². The lowest BCUT2D eigenvalue weighted by molar-refractivity contribution is 0.0888. The molecule has 0 bridgehead atoms. The van der Waals surface area contributed by atoms with Gasteiger partial charge in [-0.05, 0) is 29.1 Å². The van der Waals surface area contributed by atoms with E-state index < -0.39 is 0 Å². The SMILES string of the molecule is COc1cc(OCCOCc2ccccc2)ccc1-c1cc2ccccc2c(Cl)n1. The van der Waals surface area contributed by atoms with E-state index in [2.05, 4.69) is 4.98 Å². The number of benzene rings is 3. The molecule has 0 amide bonds. The van der Waals surface area contributed by atoms with Crippen molar-refractivity contribution in [2.45, 2.75) is 6.61 Å². The first kappa shape index (κ1) is 20.2. The molecule has 0 aliphatic heterocycles. The minimum Gasteiger partial charge on any atom is -0.496 e. The van der Waals surface area contributed by atoms with Gasteiger partial charge in [0.15, 0.2) is 0 Å². The maximum absolute atomic E-state index is 6.39. The van der Waals surface area contributed by atoms with E-state index in [0.717, 1.165) is 27.6 Å². The molecule has 30 heavy (non-hydrogen) atoms. The van der Waals surface area contributed by atoms with Crippen LogP contribution >= 0.6 is 11.6 Å². The molecule has 152 valence electrons. The molecule has 0 saturated heterocycles. The van der Waals surface area contributed by atoms with Crippen LogP contribution in [0.2, 0.25) is 5.15 Å². The van der Waals surface area contributed by atoms with Crippen LogP contribution < -0.4 is 9.47 Å². The van der Waals surface area contributed by atoms with Crippen molar-refractivity contribution in [1.29, 1.82) is 0 Å². The van der Waals surface area contributed by atoms with Gasteiger partial charge in [0.25, 0.3) is 0 Å².